The minimum absolute atomic E-state index is 0.191. The van der Waals surface area contributed by atoms with Gasteiger partial charge in [0.15, 0.2) is 0 Å². The summed E-state index contributed by atoms with van der Waals surface area (Å²) in [5, 5.41) is 10.3. The third kappa shape index (κ3) is 5.58. The summed E-state index contributed by atoms with van der Waals surface area (Å²) in [7, 11) is 0. The highest BCUT2D eigenvalue weighted by Gasteiger charge is 2.46. The molecule has 6 nitrogen and oxygen atoms in total. The van der Waals surface area contributed by atoms with Gasteiger partial charge >= 0.3 is 12.1 Å². The molecule has 1 amide bonds. The van der Waals surface area contributed by atoms with Gasteiger partial charge in [-0.1, -0.05) is 0 Å². The number of alkyl halides is 3. The van der Waals surface area contributed by atoms with E-state index >= 15 is 0 Å². The Balaban J connectivity index is 0.000000318. The summed E-state index contributed by atoms with van der Waals surface area (Å²) < 4.78 is 31.7. The third-order valence-corrected chi connectivity index (χ3v) is 6.85. The fraction of sp³-hybridized carbons (Fsp3) is 0.526. The minimum Gasteiger partial charge on any atom is -0.475 e. The average molecular weight is 462 g/mol. The lowest BCUT2D eigenvalue weighted by Crippen LogP contribution is -2.32. The Morgan fingerprint density at radius 2 is 1.93 bits per heavy atom. The Morgan fingerprint density at radius 3 is 2.43 bits per heavy atom. The van der Waals surface area contributed by atoms with Crippen LogP contribution in [0.3, 0.4) is 0 Å². The van der Waals surface area contributed by atoms with Gasteiger partial charge in [0.1, 0.15) is 0 Å². The Bertz CT molecular complexity index is 912. The van der Waals surface area contributed by atoms with Gasteiger partial charge in [0.25, 0.3) is 0 Å². The fourth-order valence-electron chi connectivity index (χ4n) is 3.77. The number of likely N-dealkylation sites (tertiary alicyclic amines) is 2. The first kappa shape index (κ1) is 22.7. The van der Waals surface area contributed by atoms with E-state index in [9.17, 15) is 18.0 Å². The van der Waals surface area contributed by atoms with Crippen LogP contribution in [0.2, 0.25) is 0 Å². The Kier molecular flexibility index (Phi) is 6.83. The van der Waals surface area contributed by atoms with Crippen LogP contribution in [0.4, 0.5) is 13.2 Å². The van der Waals surface area contributed by atoms with Crippen LogP contribution in [0.1, 0.15) is 20.5 Å². The van der Waals surface area contributed by atoms with E-state index in [0.29, 0.717) is 18.4 Å². The van der Waals surface area contributed by atoms with E-state index in [1.54, 1.807) is 11.3 Å². The maximum absolute atomic E-state index is 12.7. The molecule has 2 aromatic rings. The number of rotatable bonds is 4. The molecule has 2 aliphatic heterocycles. The first-order valence-corrected chi connectivity index (χ1v) is 11.0. The van der Waals surface area contributed by atoms with Crippen LogP contribution in [0.5, 0.6) is 0 Å². The van der Waals surface area contributed by atoms with E-state index < -0.39 is 12.1 Å². The topological polar surface area (TPSA) is 73.7 Å². The van der Waals surface area contributed by atoms with Crippen molar-refractivity contribution in [2.75, 3.05) is 19.6 Å². The van der Waals surface area contributed by atoms with Crippen LogP contribution in [0.25, 0.3) is 0 Å². The number of amides is 1. The summed E-state index contributed by atoms with van der Waals surface area (Å²) in [6.45, 7) is 8.67. The van der Waals surface area contributed by atoms with Crippen molar-refractivity contribution in [2.24, 2.45) is 11.8 Å². The van der Waals surface area contributed by atoms with Gasteiger partial charge in [-0.25, -0.2) is 9.78 Å². The monoisotopic (exact) mass is 461 g/mol. The van der Waals surface area contributed by atoms with Gasteiger partial charge in [0.2, 0.25) is 5.91 Å². The van der Waals surface area contributed by atoms with Gasteiger partial charge < -0.3 is 10.0 Å². The van der Waals surface area contributed by atoms with E-state index in [1.165, 1.54) is 9.75 Å². The van der Waals surface area contributed by atoms with Crippen molar-refractivity contribution in [3.05, 3.63) is 38.0 Å². The first-order valence-electron chi connectivity index (χ1n) is 9.30. The van der Waals surface area contributed by atoms with Crippen molar-refractivity contribution in [1.29, 1.82) is 0 Å². The number of hydrogen-bond acceptors (Lipinski definition) is 6. The summed E-state index contributed by atoms with van der Waals surface area (Å²) >= 11 is 3.52. The third-order valence-electron chi connectivity index (χ3n) is 5.04. The molecule has 0 radical (unpaired) electrons. The normalized spacial score (nSPS) is 21.5. The Labute approximate surface area is 179 Å². The standard InChI is InChI=1S/C17H21N3OS2.C2HF3O2/c1-11-3-4-15(23-11)8-19-5-13-6-20(17(21)16(13)9-19)7-14-10-22-12(2)18-14;3-2(4,5)1(6)7/h3-4,10,13,16H,5-9H2,1-2H3;(H,6,7)/t13-,16-;/m0./s1. The maximum atomic E-state index is 12.7. The summed E-state index contributed by atoms with van der Waals surface area (Å²) in [5.74, 6) is -1.75. The number of fused-ring (bicyclic) bond motifs is 1. The van der Waals surface area contributed by atoms with E-state index in [2.05, 4.69) is 34.3 Å². The van der Waals surface area contributed by atoms with E-state index in [-0.39, 0.29) is 5.92 Å². The van der Waals surface area contributed by atoms with Gasteiger partial charge in [-0.15, -0.1) is 22.7 Å². The molecule has 2 atom stereocenters. The number of carbonyl (C=O) groups is 2. The van der Waals surface area contributed by atoms with Gasteiger partial charge in [0, 0.05) is 47.2 Å². The van der Waals surface area contributed by atoms with Gasteiger partial charge in [0.05, 0.1) is 23.2 Å². The molecule has 4 rings (SSSR count). The maximum Gasteiger partial charge on any atom is 0.490 e. The van der Waals surface area contributed by atoms with E-state index in [4.69, 9.17) is 9.90 Å². The van der Waals surface area contributed by atoms with Crippen molar-refractivity contribution in [1.82, 2.24) is 14.8 Å². The molecule has 164 valence electrons. The highest BCUT2D eigenvalue weighted by atomic mass is 32.1. The number of halogens is 3. The fourth-order valence-corrected chi connectivity index (χ4v) is 5.31. The molecule has 0 aromatic carbocycles. The number of thiophene rings is 1. The molecule has 0 spiro atoms. The van der Waals surface area contributed by atoms with Crippen LogP contribution in [0, 0.1) is 25.7 Å². The lowest BCUT2D eigenvalue weighted by molar-refractivity contribution is -0.192. The molecule has 2 aliphatic rings. The predicted octanol–water partition coefficient (Wildman–Crippen LogP) is 3.55. The van der Waals surface area contributed by atoms with Crippen molar-refractivity contribution in [3.8, 4) is 0 Å². The number of aryl methyl sites for hydroxylation is 2. The molecule has 11 heteroatoms. The lowest BCUT2D eigenvalue weighted by atomic mass is 10.0. The first-order chi connectivity index (χ1) is 14.0. The minimum atomic E-state index is -5.08. The number of nitrogens with zero attached hydrogens (tertiary/aromatic N) is 3. The highest BCUT2D eigenvalue weighted by Crippen LogP contribution is 2.34. The number of aromatic nitrogens is 1. The van der Waals surface area contributed by atoms with Crippen LogP contribution < -0.4 is 0 Å². The smallest absolute Gasteiger partial charge is 0.475 e. The highest BCUT2D eigenvalue weighted by molar-refractivity contribution is 7.11. The Morgan fingerprint density at radius 1 is 1.23 bits per heavy atom. The second kappa shape index (κ2) is 9.03. The zero-order valence-corrected chi connectivity index (χ0v) is 18.1. The van der Waals surface area contributed by atoms with Crippen molar-refractivity contribution in [3.63, 3.8) is 0 Å². The van der Waals surface area contributed by atoms with Crippen LogP contribution in [-0.4, -0.2) is 57.6 Å². The second-order valence-corrected chi connectivity index (χ2v) is 9.89. The summed E-state index contributed by atoms with van der Waals surface area (Å²) in [6.07, 6.45) is -5.08. The van der Waals surface area contributed by atoms with Crippen LogP contribution in [-0.2, 0) is 22.7 Å². The largest absolute Gasteiger partial charge is 0.490 e. The van der Waals surface area contributed by atoms with Crippen molar-refractivity contribution < 1.29 is 27.9 Å². The van der Waals surface area contributed by atoms with E-state index in [0.717, 1.165) is 36.9 Å². The molecule has 2 fully saturated rings. The van der Waals surface area contributed by atoms with E-state index in [1.807, 2.05) is 23.2 Å². The zero-order chi connectivity index (χ0) is 22.1. The number of hydrogen-bond donors (Lipinski definition) is 1. The lowest BCUT2D eigenvalue weighted by Gasteiger charge is -2.20. The van der Waals surface area contributed by atoms with Gasteiger partial charge in [-0.2, -0.15) is 13.2 Å². The molecular formula is C19H22F3N3O3S2. The van der Waals surface area contributed by atoms with Crippen molar-refractivity contribution >= 4 is 34.6 Å². The summed E-state index contributed by atoms with van der Waals surface area (Å²) in [6, 6.07) is 4.40. The SMILES string of the molecule is Cc1ccc(CN2C[C@H]3CN(Cc4csc(C)n4)C(=O)[C@H]3C2)s1.O=C(O)C(F)(F)F. The molecule has 0 bridgehead atoms. The molecule has 0 unspecified atom stereocenters. The Hall–Kier alpha value is -1.98. The number of carboxylic acid groups (broad SMARTS) is 1. The second-order valence-electron chi connectivity index (χ2n) is 7.45. The number of carbonyl (C=O) groups excluding carboxylic acids is 1. The quantitative estimate of drug-likeness (QED) is 0.754. The molecule has 0 saturated carbocycles. The molecule has 30 heavy (non-hydrogen) atoms. The molecule has 0 aliphatic carbocycles. The number of carboxylic acids is 1. The summed E-state index contributed by atoms with van der Waals surface area (Å²) in [4.78, 5) is 33.3. The van der Waals surface area contributed by atoms with Gasteiger partial charge in [-0.3, -0.25) is 9.69 Å². The molecule has 2 aromatic heterocycles. The molecular weight excluding hydrogens is 439 g/mol. The molecule has 2 saturated heterocycles. The summed E-state index contributed by atoms with van der Waals surface area (Å²) in [5.41, 5.74) is 1.03. The molecule has 4 heterocycles. The predicted molar refractivity (Wildman–Crippen MR) is 107 cm³/mol. The van der Waals surface area contributed by atoms with Gasteiger partial charge in [-0.05, 0) is 26.0 Å². The van der Waals surface area contributed by atoms with Crippen molar-refractivity contribution in [2.45, 2.75) is 33.1 Å². The molecule has 1 N–H and O–H groups in total. The average Bonchev–Trinajstić information content (AvgIpc) is 3.38. The van der Waals surface area contributed by atoms with Crippen LogP contribution >= 0.6 is 22.7 Å². The zero-order valence-electron chi connectivity index (χ0n) is 16.5. The number of thiazole rings is 1. The number of aliphatic carboxylic acids is 1. The van der Waals surface area contributed by atoms with Crippen LogP contribution in [0.15, 0.2) is 17.5 Å².